The topological polar surface area (TPSA) is 41.1 Å². The number of benzene rings is 2. The highest BCUT2D eigenvalue weighted by atomic mass is 127. The van der Waals surface area contributed by atoms with E-state index in [4.69, 9.17) is 0 Å². The van der Waals surface area contributed by atoms with Crippen molar-refractivity contribution >= 4 is 50.7 Å². The van der Waals surface area contributed by atoms with E-state index >= 15 is 0 Å². The van der Waals surface area contributed by atoms with Gasteiger partial charge in [-0.3, -0.25) is 0 Å². The maximum atomic E-state index is 4.43. The van der Waals surface area contributed by atoms with Crippen LogP contribution in [0.15, 0.2) is 48.8 Å². The van der Waals surface area contributed by atoms with Gasteiger partial charge in [0.05, 0.1) is 5.52 Å². The van der Waals surface area contributed by atoms with Crippen molar-refractivity contribution in [2.24, 2.45) is 0 Å². The fraction of sp³-hybridized carbons (Fsp3) is 0.300. The SMILES string of the molecule is Ic1ccc2ncnc(Nc3ccc(N4CCCCCC4)cc3)c2c1. The summed E-state index contributed by atoms with van der Waals surface area (Å²) in [7, 11) is 0. The fourth-order valence-corrected chi connectivity index (χ4v) is 3.84. The maximum absolute atomic E-state index is 4.43. The zero-order valence-corrected chi connectivity index (χ0v) is 16.2. The van der Waals surface area contributed by atoms with Crippen LogP contribution in [0.25, 0.3) is 10.9 Å². The van der Waals surface area contributed by atoms with Crippen LogP contribution in [0.5, 0.6) is 0 Å². The molecule has 1 N–H and O–H groups in total. The molecule has 4 rings (SSSR count). The van der Waals surface area contributed by atoms with E-state index in [0.29, 0.717) is 0 Å². The Balaban J connectivity index is 1.56. The van der Waals surface area contributed by atoms with Gasteiger partial charge in [0.25, 0.3) is 0 Å². The minimum absolute atomic E-state index is 0.853. The van der Waals surface area contributed by atoms with Gasteiger partial charge in [-0.05, 0) is 77.9 Å². The Bertz CT molecular complexity index is 855. The van der Waals surface area contributed by atoms with Crippen LogP contribution in [0.2, 0.25) is 0 Å². The molecule has 1 saturated heterocycles. The van der Waals surface area contributed by atoms with Crippen LogP contribution < -0.4 is 10.2 Å². The Labute approximate surface area is 161 Å². The minimum Gasteiger partial charge on any atom is -0.372 e. The van der Waals surface area contributed by atoms with Crippen LogP contribution in [0, 0.1) is 3.57 Å². The minimum atomic E-state index is 0.853. The van der Waals surface area contributed by atoms with Gasteiger partial charge in [-0.25, -0.2) is 9.97 Å². The molecular weight excluding hydrogens is 423 g/mol. The second-order valence-electron chi connectivity index (χ2n) is 6.46. The molecule has 128 valence electrons. The van der Waals surface area contributed by atoms with E-state index in [9.17, 15) is 0 Å². The summed E-state index contributed by atoms with van der Waals surface area (Å²) in [4.78, 5) is 11.3. The smallest absolute Gasteiger partial charge is 0.141 e. The predicted octanol–water partition coefficient (Wildman–Crippen LogP) is 5.36. The molecule has 0 saturated carbocycles. The van der Waals surface area contributed by atoms with Gasteiger partial charge in [-0.15, -0.1) is 0 Å². The summed E-state index contributed by atoms with van der Waals surface area (Å²) in [5.41, 5.74) is 3.33. The quantitative estimate of drug-likeness (QED) is 0.553. The van der Waals surface area contributed by atoms with Crippen LogP contribution in [0.1, 0.15) is 25.7 Å². The molecule has 1 aromatic heterocycles. The molecular formula is C20H21IN4. The molecule has 0 spiro atoms. The third kappa shape index (κ3) is 3.86. The Hall–Kier alpha value is -1.89. The molecule has 0 aliphatic carbocycles. The van der Waals surface area contributed by atoms with Crippen LogP contribution >= 0.6 is 22.6 Å². The Morgan fingerprint density at radius 2 is 1.64 bits per heavy atom. The maximum Gasteiger partial charge on any atom is 0.141 e. The molecule has 1 aliphatic rings. The number of anilines is 3. The normalized spacial score (nSPS) is 15.2. The van der Waals surface area contributed by atoms with Gasteiger partial charge in [0.2, 0.25) is 0 Å². The van der Waals surface area contributed by atoms with Crippen molar-refractivity contribution in [1.82, 2.24) is 9.97 Å². The first-order valence-corrected chi connectivity index (χ1v) is 9.90. The Morgan fingerprint density at radius 1 is 0.880 bits per heavy atom. The molecule has 2 heterocycles. The van der Waals surface area contributed by atoms with Crippen LogP contribution in [-0.4, -0.2) is 23.1 Å². The number of rotatable bonds is 3. The van der Waals surface area contributed by atoms with E-state index in [-0.39, 0.29) is 0 Å². The monoisotopic (exact) mass is 444 g/mol. The van der Waals surface area contributed by atoms with Gasteiger partial charge >= 0.3 is 0 Å². The molecule has 0 atom stereocenters. The summed E-state index contributed by atoms with van der Waals surface area (Å²) in [5, 5.41) is 4.49. The Kier molecular flexibility index (Phi) is 5.01. The number of nitrogens with zero attached hydrogens (tertiary/aromatic N) is 3. The summed E-state index contributed by atoms with van der Waals surface area (Å²) in [5.74, 6) is 0.853. The van der Waals surface area contributed by atoms with Crippen molar-refractivity contribution < 1.29 is 0 Å². The third-order valence-corrected chi connectivity index (χ3v) is 5.37. The number of hydrogen-bond acceptors (Lipinski definition) is 4. The first kappa shape index (κ1) is 16.6. The second kappa shape index (κ2) is 7.56. The molecule has 1 fully saturated rings. The summed E-state index contributed by atoms with van der Waals surface area (Å²) >= 11 is 2.32. The van der Waals surface area contributed by atoms with Crippen molar-refractivity contribution in [3.63, 3.8) is 0 Å². The zero-order chi connectivity index (χ0) is 17.1. The van der Waals surface area contributed by atoms with Crippen molar-refractivity contribution in [3.05, 3.63) is 52.4 Å². The lowest BCUT2D eigenvalue weighted by molar-refractivity contribution is 0.726. The van der Waals surface area contributed by atoms with Gasteiger partial charge in [-0.1, -0.05) is 12.8 Å². The van der Waals surface area contributed by atoms with E-state index < -0.39 is 0 Å². The van der Waals surface area contributed by atoms with Crippen molar-refractivity contribution in [3.8, 4) is 0 Å². The van der Waals surface area contributed by atoms with Gasteiger partial charge in [0, 0.05) is 33.4 Å². The number of fused-ring (bicyclic) bond motifs is 1. The van der Waals surface area contributed by atoms with E-state index in [2.05, 4.69) is 79.2 Å². The third-order valence-electron chi connectivity index (χ3n) is 4.70. The van der Waals surface area contributed by atoms with Crippen LogP contribution in [0.4, 0.5) is 17.2 Å². The van der Waals surface area contributed by atoms with Gasteiger partial charge < -0.3 is 10.2 Å². The highest BCUT2D eigenvalue weighted by Crippen LogP contribution is 2.26. The first-order valence-electron chi connectivity index (χ1n) is 8.82. The summed E-state index contributed by atoms with van der Waals surface area (Å²) in [6.07, 6.45) is 6.92. The number of aromatic nitrogens is 2. The van der Waals surface area contributed by atoms with Crippen molar-refractivity contribution in [2.75, 3.05) is 23.3 Å². The summed E-state index contributed by atoms with van der Waals surface area (Å²) in [6, 6.07) is 14.9. The average molecular weight is 444 g/mol. The number of nitrogens with one attached hydrogen (secondary N) is 1. The lowest BCUT2D eigenvalue weighted by Gasteiger charge is -2.22. The van der Waals surface area contributed by atoms with Gasteiger partial charge in [-0.2, -0.15) is 0 Å². The standard InChI is InChI=1S/C20H21IN4/c21-15-5-10-19-18(13-15)20(23-14-22-19)24-16-6-8-17(9-7-16)25-11-3-1-2-4-12-25/h5-10,13-14H,1-4,11-12H2,(H,22,23,24). The molecule has 2 aromatic carbocycles. The van der Waals surface area contributed by atoms with E-state index in [1.165, 1.54) is 48.0 Å². The lowest BCUT2D eigenvalue weighted by Crippen LogP contribution is -2.23. The largest absolute Gasteiger partial charge is 0.372 e. The average Bonchev–Trinajstić information content (AvgIpc) is 2.92. The summed E-state index contributed by atoms with van der Waals surface area (Å²) in [6.45, 7) is 2.34. The summed E-state index contributed by atoms with van der Waals surface area (Å²) < 4.78 is 1.18. The molecule has 0 radical (unpaired) electrons. The zero-order valence-electron chi connectivity index (χ0n) is 14.1. The lowest BCUT2D eigenvalue weighted by atomic mass is 10.2. The number of halogens is 1. The van der Waals surface area contributed by atoms with Gasteiger partial charge in [0.15, 0.2) is 0 Å². The molecule has 0 bridgehead atoms. The highest BCUT2D eigenvalue weighted by molar-refractivity contribution is 14.1. The molecule has 0 unspecified atom stereocenters. The van der Waals surface area contributed by atoms with E-state index in [0.717, 1.165) is 22.4 Å². The molecule has 1 aliphatic heterocycles. The van der Waals surface area contributed by atoms with E-state index in [1.807, 2.05) is 6.07 Å². The second-order valence-corrected chi connectivity index (χ2v) is 7.70. The van der Waals surface area contributed by atoms with Crippen molar-refractivity contribution in [1.29, 1.82) is 0 Å². The van der Waals surface area contributed by atoms with Crippen molar-refractivity contribution in [2.45, 2.75) is 25.7 Å². The predicted molar refractivity (Wildman–Crippen MR) is 113 cm³/mol. The Morgan fingerprint density at radius 3 is 2.40 bits per heavy atom. The molecule has 25 heavy (non-hydrogen) atoms. The highest BCUT2D eigenvalue weighted by Gasteiger charge is 2.10. The van der Waals surface area contributed by atoms with E-state index in [1.54, 1.807) is 6.33 Å². The fourth-order valence-electron chi connectivity index (χ4n) is 3.35. The first-order chi connectivity index (χ1) is 12.3. The molecule has 4 nitrogen and oxygen atoms in total. The molecule has 5 heteroatoms. The van der Waals surface area contributed by atoms with Gasteiger partial charge in [0.1, 0.15) is 12.1 Å². The number of hydrogen-bond donors (Lipinski definition) is 1. The molecule has 3 aromatic rings. The van der Waals surface area contributed by atoms with Crippen LogP contribution in [-0.2, 0) is 0 Å². The molecule has 0 amide bonds. The van der Waals surface area contributed by atoms with Crippen LogP contribution in [0.3, 0.4) is 0 Å².